The highest BCUT2D eigenvalue weighted by Gasteiger charge is 2.35. The van der Waals surface area contributed by atoms with E-state index in [2.05, 4.69) is 9.94 Å². The second-order valence-electron chi connectivity index (χ2n) is 6.02. The second kappa shape index (κ2) is 6.59. The normalized spacial score (nSPS) is 11.8. The van der Waals surface area contributed by atoms with Gasteiger partial charge in [0.1, 0.15) is 17.9 Å². The maximum absolute atomic E-state index is 13.0. The molecule has 0 radical (unpaired) electrons. The van der Waals surface area contributed by atoms with Crippen LogP contribution >= 0.6 is 0 Å². The van der Waals surface area contributed by atoms with Gasteiger partial charge in [0.25, 0.3) is 0 Å². The number of ketones is 1. The van der Waals surface area contributed by atoms with Gasteiger partial charge >= 0.3 is 11.9 Å². The van der Waals surface area contributed by atoms with E-state index in [1.165, 1.54) is 19.9 Å². The number of hydrogen-bond acceptors (Lipinski definition) is 4. The number of carbonyl (C=O) groups excluding carboxylic acids is 1. The standard InChI is InChI=1S/C16H13F3N4O3/c1-15(2,22-9-11(8-21-22)23(25)26)14(24)7-10-4-5-13(20-3)12(6-10)16(17,18)19/h4-6,8-9H,7H2,1-2H3. The maximum atomic E-state index is 13.0. The van der Waals surface area contributed by atoms with Crippen molar-refractivity contribution in [1.82, 2.24) is 9.78 Å². The van der Waals surface area contributed by atoms with Crippen LogP contribution in [0.3, 0.4) is 0 Å². The van der Waals surface area contributed by atoms with E-state index in [4.69, 9.17) is 6.57 Å². The van der Waals surface area contributed by atoms with Crippen molar-refractivity contribution in [3.63, 3.8) is 0 Å². The smallest absolute Gasteiger partial charge is 0.297 e. The van der Waals surface area contributed by atoms with Crippen LogP contribution in [0.2, 0.25) is 0 Å². The van der Waals surface area contributed by atoms with E-state index in [1.54, 1.807) is 0 Å². The molecule has 0 aliphatic heterocycles. The summed E-state index contributed by atoms with van der Waals surface area (Å²) >= 11 is 0. The topological polar surface area (TPSA) is 82.4 Å². The number of nitro groups is 1. The summed E-state index contributed by atoms with van der Waals surface area (Å²) in [5.41, 5.74) is -3.16. The number of alkyl halides is 3. The minimum Gasteiger partial charge on any atom is -0.297 e. The number of aromatic nitrogens is 2. The Morgan fingerprint density at radius 2 is 2.04 bits per heavy atom. The third-order valence-corrected chi connectivity index (χ3v) is 3.89. The first kappa shape index (κ1) is 19.1. The van der Waals surface area contributed by atoms with Crippen LogP contribution in [-0.2, 0) is 22.9 Å². The molecule has 1 aromatic carbocycles. The van der Waals surface area contributed by atoms with E-state index >= 15 is 0 Å². The number of Topliss-reactive ketones (excluding diaryl/α,β-unsaturated/α-hetero) is 1. The van der Waals surface area contributed by atoms with Gasteiger partial charge in [0.2, 0.25) is 0 Å². The van der Waals surface area contributed by atoms with Crippen LogP contribution in [0.1, 0.15) is 25.0 Å². The molecular formula is C16H13F3N4O3. The van der Waals surface area contributed by atoms with Crippen molar-refractivity contribution in [3.8, 4) is 0 Å². The van der Waals surface area contributed by atoms with Crippen molar-refractivity contribution in [2.24, 2.45) is 0 Å². The Kier molecular flexibility index (Phi) is 4.84. The lowest BCUT2D eigenvalue weighted by Crippen LogP contribution is -2.37. The molecule has 26 heavy (non-hydrogen) atoms. The first-order chi connectivity index (χ1) is 12.0. The summed E-state index contributed by atoms with van der Waals surface area (Å²) in [5.74, 6) is -0.487. The summed E-state index contributed by atoms with van der Waals surface area (Å²) in [6.45, 7) is 9.74. The van der Waals surface area contributed by atoms with Crippen LogP contribution in [0, 0.1) is 16.7 Å². The average molecular weight is 366 g/mol. The van der Waals surface area contributed by atoms with Gasteiger partial charge in [0.15, 0.2) is 11.5 Å². The van der Waals surface area contributed by atoms with Gasteiger partial charge in [-0.3, -0.25) is 19.6 Å². The van der Waals surface area contributed by atoms with Gasteiger partial charge in [-0.15, -0.1) is 0 Å². The average Bonchev–Trinajstić information content (AvgIpc) is 3.05. The number of rotatable bonds is 5. The van der Waals surface area contributed by atoms with Crippen LogP contribution in [0.4, 0.5) is 24.5 Å². The summed E-state index contributed by atoms with van der Waals surface area (Å²) in [5, 5.41) is 14.5. The van der Waals surface area contributed by atoms with Crippen LogP contribution < -0.4 is 0 Å². The fourth-order valence-electron chi connectivity index (χ4n) is 2.26. The van der Waals surface area contributed by atoms with Crippen LogP contribution in [-0.4, -0.2) is 20.5 Å². The molecule has 0 aliphatic carbocycles. The van der Waals surface area contributed by atoms with E-state index in [0.717, 1.165) is 29.2 Å². The number of halogens is 3. The van der Waals surface area contributed by atoms with Crippen molar-refractivity contribution in [2.75, 3.05) is 0 Å². The summed E-state index contributed by atoms with van der Waals surface area (Å²) in [6, 6.07) is 3.07. The molecule has 0 N–H and O–H groups in total. The lowest BCUT2D eigenvalue weighted by Gasteiger charge is -2.23. The highest BCUT2D eigenvalue weighted by atomic mass is 19.4. The molecule has 0 unspecified atom stereocenters. The zero-order valence-corrected chi connectivity index (χ0v) is 13.7. The molecule has 0 bridgehead atoms. The highest BCUT2D eigenvalue weighted by Crippen LogP contribution is 2.37. The fraction of sp³-hybridized carbons (Fsp3) is 0.312. The van der Waals surface area contributed by atoms with Crippen LogP contribution in [0.15, 0.2) is 30.6 Å². The lowest BCUT2D eigenvalue weighted by atomic mass is 9.93. The van der Waals surface area contributed by atoms with Crippen LogP contribution in [0.25, 0.3) is 4.85 Å². The van der Waals surface area contributed by atoms with E-state index in [-0.39, 0.29) is 17.7 Å². The van der Waals surface area contributed by atoms with Gasteiger partial charge in [-0.1, -0.05) is 18.2 Å². The number of hydrogen-bond donors (Lipinski definition) is 0. The van der Waals surface area contributed by atoms with Crippen LogP contribution in [0.5, 0.6) is 0 Å². The first-order valence-corrected chi connectivity index (χ1v) is 7.27. The van der Waals surface area contributed by atoms with Gasteiger partial charge in [-0.2, -0.15) is 18.3 Å². The summed E-state index contributed by atoms with van der Waals surface area (Å²) in [6.07, 6.45) is -2.98. The number of carbonyl (C=O) groups is 1. The predicted molar refractivity (Wildman–Crippen MR) is 84.6 cm³/mol. The monoisotopic (exact) mass is 366 g/mol. The minimum absolute atomic E-state index is 0.0875. The molecule has 136 valence electrons. The van der Waals surface area contributed by atoms with Gasteiger partial charge < -0.3 is 0 Å². The van der Waals surface area contributed by atoms with Crippen molar-refractivity contribution < 1.29 is 22.9 Å². The van der Waals surface area contributed by atoms with Crippen molar-refractivity contribution in [1.29, 1.82) is 0 Å². The third kappa shape index (κ3) is 3.72. The largest absolute Gasteiger partial charge is 0.407 e. The molecule has 7 nitrogen and oxygen atoms in total. The zero-order valence-electron chi connectivity index (χ0n) is 13.7. The van der Waals surface area contributed by atoms with Gasteiger partial charge in [-0.25, -0.2) is 4.85 Å². The van der Waals surface area contributed by atoms with Crippen molar-refractivity contribution in [2.45, 2.75) is 32.0 Å². The Morgan fingerprint density at radius 3 is 2.54 bits per heavy atom. The van der Waals surface area contributed by atoms with Gasteiger partial charge in [0.05, 0.1) is 17.1 Å². The van der Waals surface area contributed by atoms with Crippen molar-refractivity contribution in [3.05, 3.63) is 63.3 Å². The minimum atomic E-state index is -4.71. The Balaban J connectivity index is 2.31. The zero-order chi connectivity index (χ0) is 19.7. The third-order valence-electron chi connectivity index (χ3n) is 3.89. The van der Waals surface area contributed by atoms with E-state index < -0.39 is 33.7 Å². The summed E-state index contributed by atoms with van der Waals surface area (Å²) in [4.78, 5) is 25.5. The predicted octanol–water partition coefficient (Wildman–Crippen LogP) is 3.91. The molecular weight excluding hydrogens is 353 g/mol. The molecule has 1 heterocycles. The fourth-order valence-corrected chi connectivity index (χ4v) is 2.26. The molecule has 2 rings (SSSR count). The molecule has 0 aliphatic rings. The molecule has 1 aromatic heterocycles. The molecule has 0 saturated carbocycles. The van der Waals surface area contributed by atoms with E-state index in [1.807, 2.05) is 0 Å². The Bertz CT molecular complexity index is 910. The lowest BCUT2D eigenvalue weighted by molar-refractivity contribution is -0.385. The molecule has 0 fully saturated rings. The summed E-state index contributed by atoms with van der Waals surface area (Å²) < 4.78 is 40.2. The quantitative estimate of drug-likeness (QED) is 0.456. The Morgan fingerprint density at radius 1 is 1.38 bits per heavy atom. The molecule has 0 atom stereocenters. The summed E-state index contributed by atoms with van der Waals surface area (Å²) in [7, 11) is 0. The maximum Gasteiger partial charge on any atom is 0.407 e. The number of nitrogens with zero attached hydrogens (tertiary/aromatic N) is 4. The highest BCUT2D eigenvalue weighted by molar-refractivity contribution is 5.87. The molecule has 0 amide bonds. The van der Waals surface area contributed by atoms with Gasteiger partial charge in [0, 0.05) is 6.42 Å². The van der Waals surface area contributed by atoms with Gasteiger partial charge in [-0.05, 0) is 19.4 Å². The second-order valence-corrected chi connectivity index (χ2v) is 6.02. The Hall–Kier alpha value is -3.22. The first-order valence-electron chi connectivity index (χ1n) is 7.27. The Labute approximate surface area is 146 Å². The van der Waals surface area contributed by atoms with Crippen molar-refractivity contribution >= 4 is 17.2 Å². The molecule has 10 heteroatoms. The SMILES string of the molecule is [C-]#[N+]c1ccc(CC(=O)C(C)(C)n2cc([N+](=O)[O-])cn2)cc1C(F)(F)F. The van der Waals surface area contributed by atoms with E-state index in [0.29, 0.717) is 0 Å². The van der Waals surface area contributed by atoms with E-state index in [9.17, 15) is 28.1 Å². The molecule has 0 saturated heterocycles. The molecule has 2 aromatic rings. The number of benzene rings is 1. The molecule has 0 spiro atoms.